The number of rotatable bonds is 8. The van der Waals surface area contributed by atoms with E-state index in [0.29, 0.717) is 50.5 Å². The highest BCUT2D eigenvalue weighted by Gasteiger charge is 2.45. The average molecular weight is 489 g/mol. The van der Waals surface area contributed by atoms with Crippen molar-refractivity contribution in [2.24, 2.45) is 0 Å². The molecule has 3 saturated heterocycles. The van der Waals surface area contributed by atoms with Crippen molar-refractivity contribution in [3.05, 3.63) is 29.8 Å². The smallest absolute Gasteiger partial charge is 0.254 e. The molecule has 10 nitrogen and oxygen atoms in total. The van der Waals surface area contributed by atoms with Crippen molar-refractivity contribution in [3.63, 3.8) is 0 Å². The molecular weight excluding hydrogens is 452 g/mol. The molecule has 3 aliphatic rings. The van der Waals surface area contributed by atoms with Crippen LogP contribution >= 0.6 is 0 Å². The van der Waals surface area contributed by atoms with Gasteiger partial charge in [-0.1, -0.05) is 0 Å². The first-order valence-corrected chi connectivity index (χ1v) is 12.4. The fraction of sp³-hybridized carbons (Fsp3) is 0.640. The van der Waals surface area contributed by atoms with Crippen LogP contribution in [0.15, 0.2) is 24.3 Å². The Balaban J connectivity index is 1.58. The lowest BCUT2D eigenvalue weighted by molar-refractivity contribution is -0.146. The SMILES string of the molecule is COCC(=O)N1CC(N(CC2CCCO2)C(=O)c2ccc(OC)cc2)CC1C(=O)N1CCNCC1. The predicted molar refractivity (Wildman–Crippen MR) is 128 cm³/mol. The summed E-state index contributed by atoms with van der Waals surface area (Å²) in [4.78, 5) is 45.3. The van der Waals surface area contributed by atoms with Crippen molar-refractivity contribution in [3.8, 4) is 5.75 Å². The van der Waals surface area contributed by atoms with Gasteiger partial charge in [-0.25, -0.2) is 0 Å². The summed E-state index contributed by atoms with van der Waals surface area (Å²) in [6.45, 7) is 3.98. The van der Waals surface area contributed by atoms with Crippen LogP contribution in [0.4, 0.5) is 0 Å². The summed E-state index contributed by atoms with van der Waals surface area (Å²) in [5, 5.41) is 3.25. The third-order valence-corrected chi connectivity index (χ3v) is 7.04. The Morgan fingerprint density at radius 3 is 2.51 bits per heavy atom. The maximum absolute atomic E-state index is 13.7. The van der Waals surface area contributed by atoms with Gasteiger partial charge in [0.05, 0.1) is 19.3 Å². The Bertz CT molecular complexity index is 882. The highest BCUT2D eigenvalue weighted by atomic mass is 16.5. The van der Waals surface area contributed by atoms with Crippen molar-refractivity contribution in [1.82, 2.24) is 20.0 Å². The van der Waals surface area contributed by atoms with Crippen LogP contribution in [0.5, 0.6) is 5.75 Å². The van der Waals surface area contributed by atoms with E-state index in [2.05, 4.69) is 5.32 Å². The molecule has 35 heavy (non-hydrogen) atoms. The topological polar surface area (TPSA) is 101 Å². The van der Waals surface area contributed by atoms with Gasteiger partial charge in [0.25, 0.3) is 5.91 Å². The molecule has 1 aromatic rings. The number of nitrogens with zero attached hydrogens (tertiary/aromatic N) is 3. The Labute approximate surface area is 206 Å². The Hall–Kier alpha value is -2.69. The summed E-state index contributed by atoms with van der Waals surface area (Å²) in [7, 11) is 3.05. The van der Waals surface area contributed by atoms with Crippen LogP contribution in [0.25, 0.3) is 0 Å². The zero-order valence-electron chi connectivity index (χ0n) is 20.6. The monoisotopic (exact) mass is 488 g/mol. The molecule has 3 atom stereocenters. The fourth-order valence-corrected chi connectivity index (χ4v) is 5.16. The number of likely N-dealkylation sites (tertiary alicyclic amines) is 1. The number of ether oxygens (including phenoxy) is 3. The lowest BCUT2D eigenvalue weighted by Crippen LogP contribution is -2.53. The second kappa shape index (κ2) is 11.8. The summed E-state index contributed by atoms with van der Waals surface area (Å²) in [6.07, 6.45) is 2.19. The first kappa shape index (κ1) is 25.4. The van der Waals surface area contributed by atoms with Crippen LogP contribution in [-0.4, -0.2) is 117 Å². The van der Waals surface area contributed by atoms with E-state index in [1.807, 2.05) is 4.90 Å². The third-order valence-electron chi connectivity index (χ3n) is 7.04. The van der Waals surface area contributed by atoms with Gasteiger partial charge in [0.1, 0.15) is 18.4 Å². The molecule has 1 N–H and O–H groups in total. The molecule has 3 heterocycles. The molecule has 3 fully saturated rings. The predicted octanol–water partition coefficient (Wildman–Crippen LogP) is 0.364. The molecule has 0 aromatic heterocycles. The van der Waals surface area contributed by atoms with Crippen molar-refractivity contribution < 1.29 is 28.6 Å². The van der Waals surface area contributed by atoms with E-state index in [0.717, 1.165) is 25.9 Å². The maximum Gasteiger partial charge on any atom is 0.254 e. The molecule has 0 spiro atoms. The number of benzene rings is 1. The van der Waals surface area contributed by atoms with Gasteiger partial charge in [0, 0.05) is 58.5 Å². The van der Waals surface area contributed by atoms with Crippen LogP contribution in [-0.2, 0) is 19.1 Å². The lowest BCUT2D eigenvalue weighted by atomic mass is 10.1. The van der Waals surface area contributed by atoms with Crippen molar-refractivity contribution in [1.29, 1.82) is 0 Å². The first-order valence-electron chi connectivity index (χ1n) is 12.4. The fourth-order valence-electron chi connectivity index (χ4n) is 5.16. The van der Waals surface area contributed by atoms with E-state index < -0.39 is 6.04 Å². The highest BCUT2D eigenvalue weighted by Crippen LogP contribution is 2.28. The number of nitrogens with one attached hydrogen (secondary N) is 1. The number of hydrogen-bond acceptors (Lipinski definition) is 7. The van der Waals surface area contributed by atoms with E-state index in [9.17, 15) is 14.4 Å². The van der Waals surface area contributed by atoms with Crippen LogP contribution in [0.1, 0.15) is 29.6 Å². The molecule has 3 amide bonds. The van der Waals surface area contributed by atoms with Gasteiger partial charge >= 0.3 is 0 Å². The summed E-state index contributed by atoms with van der Waals surface area (Å²) < 4.78 is 16.2. The first-order chi connectivity index (χ1) is 17.0. The van der Waals surface area contributed by atoms with E-state index in [1.54, 1.807) is 41.2 Å². The van der Waals surface area contributed by atoms with Gasteiger partial charge in [-0.2, -0.15) is 0 Å². The lowest BCUT2D eigenvalue weighted by Gasteiger charge is -2.32. The largest absolute Gasteiger partial charge is 0.497 e. The van der Waals surface area contributed by atoms with E-state index in [-0.39, 0.29) is 36.5 Å². The van der Waals surface area contributed by atoms with Gasteiger partial charge in [-0.15, -0.1) is 0 Å². The van der Waals surface area contributed by atoms with Gasteiger partial charge in [-0.05, 0) is 43.5 Å². The molecule has 0 aliphatic carbocycles. The Kier molecular flexibility index (Phi) is 8.59. The second-order valence-corrected chi connectivity index (χ2v) is 9.28. The Morgan fingerprint density at radius 2 is 1.89 bits per heavy atom. The molecule has 1 aromatic carbocycles. The molecular formula is C25H36N4O6. The number of piperazine rings is 1. The quantitative estimate of drug-likeness (QED) is 0.564. The summed E-state index contributed by atoms with van der Waals surface area (Å²) in [5.74, 6) is 0.235. The van der Waals surface area contributed by atoms with E-state index in [1.165, 1.54) is 7.11 Å². The number of methoxy groups -OCH3 is 2. The molecule has 0 saturated carbocycles. The van der Waals surface area contributed by atoms with Crippen molar-refractivity contribution in [2.75, 3.05) is 66.7 Å². The summed E-state index contributed by atoms with van der Waals surface area (Å²) in [6, 6.07) is 6.10. The van der Waals surface area contributed by atoms with Gasteiger partial charge < -0.3 is 34.2 Å². The molecule has 10 heteroatoms. The van der Waals surface area contributed by atoms with Crippen molar-refractivity contribution in [2.45, 2.75) is 37.5 Å². The summed E-state index contributed by atoms with van der Waals surface area (Å²) in [5.41, 5.74) is 0.537. The Morgan fingerprint density at radius 1 is 1.14 bits per heavy atom. The number of amides is 3. The second-order valence-electron chi connectivity index (χ2n) is 9.28. The molecule has 0 bridgehead atoms. The van der Waals surface area contributed by atoms with E-state index >= 15 is 0 Å². The van der Waals surface area contributed by atoms with Gasteiger partial charge in [0.2, 0.25) is 11.8 Å². The molecule has 0 radical (unpaired) electrons. The summed E-state index contributed by atoms with van der Waals surface area (Å²) >= 11 is 0. The van der Waals surface area contributed by atoms with Crippen LogP contribution in [0.3, 0.4) is 0 Å². The number of carbonyl (C=O) groups is 3. The number of hydrogen-bond donors (Lipinski definition) is 1. The van der Waals surface area contributed by atoms with Crippen LogP contribution in [0.2, 0.25) is 0 Å². The standard InChI is InChI=1S/C25H36N4O6/c1-33-17-23(30)29-15-19(14-22(29)25(32)27-11-9-26-10-12-27)28(16-21-4-3-13-35-21)24(31)18-5-7-20(34-2)8-6-18/h5-8,19,21-22,26H,3-4,9-17H2,1-2H3. The molecule has 192 valence electrons. The van der Waals surface area contributed by atoms with Crippen LogP contribution in [0, 0.1) is 0 Å². The van der Waals surface area contributed by atoms with Gasteiger partial charge in [-0.3, -0.25) is 14.4 Å². The highest BCUT2D eigenvalue weighted by molar-refractivity contribution is 5.95. The number of carbonyl (C=O) groups excluding carboxylic acids is 3. The maximum atomic E-state index is 13.7. The molecule has 4 rings (SSSR count). The minimum atomic E-state index is -0.614. The zero-order valence-corrected chi connectivity index (χ0v) is 20.6. The van der Waals surface area contributed by atoms with Crippen LogP contribution < -0.4 is 10.1 Å². The minimum absolute atomic E-state index is 0.0526. The molecule has 3 unspecified atom stereocenters. The minimum Gasteiger partial charge on any atom is -0.497 e. The molecule has 3 aliphatic heterocycles. The van der Waals surface area contributed by atoms with Gasteiger partial charge in [0.15, 0.2) is 0 Å². The average Bonchev–Trinajstić information content (AvgIpc) is 3.57. The zero-order chi connectivity index (χ0) is 24.8. The van der Waals surface area contributed by atoms with E-state index in [4.69, 9.17) is 14.2 Å². The third kappa shape index (κ3) is 5.94. The normalized spacial score (nSPS) is 24.5. The van der Waals surface area contributed by atoms with Crippen molar-refractivity contribution >= 4 is 17.7 Å².